The molecular formula is C13H20ClFN2O. The van der Waals surface area contributed by atoms with Crippen LogP contribution in [0.25, 0.3) is 0 Å². The first-order chi connectivity index (χ1) is 8.26. The summed E-state index contributed by atoms with van der Waals surface area (Å²) in [5.74, 6) is -0.242. The fourth-order valence-corrected chi connectivity index (χ4v) is 1.49. The molecule has 0 aliphatic heterocycles. The summed E-state index contributed by atoms with van der Waals surface area (Å²) in [6.07, 6.45) is 1.59. The van der Waals surface area contributed by atoms with Crippen molar-refractivity contribution in [3.05, 3.63) is 35.6 Å². The minimum Gasteiger partial charge on any atom is -1.00 e. The summed E-state index contributed by atoms with van der Waals surface area (Å²) in [4.78, 5) is 6.64. The highest BCUT2D eigenvalue weighted by Crippen LogP contribution is 1.99. The number of benzene rings is 1. The van der Waals surface area contributed by atoms with Crippen LogP contribution in [0.3, 0.4) is 0 Å². The van der Waals surface area contributed by atoms with E-state index in [1.54, 1.807) is 18.3 Å². The first-order valence-corrected chi connectivity index (χ1v) is 6.00. The van der Waals surface area contributed by atoms with Gasteiger partial charge in [0.2, 0.25) is 0 Å². The van der Waals surface area contributed by atoms with E-state index in [-0.39, 0.29) is 18.2 Å². The van der Waals surface area contributed by atoms with E-state index in [0.29, 0.717) is 6.61 Å². The molecule has 18 heavy (non-hydrogen) atoms. The van der Waals surface area contributed by atoms with E-state index in [2.05, 4.69) is 19.0 Å². The Balaban J connectivity index is 0.00000289. The van der Waals surface area contributed by atoms with Crippen molar-refractivity contribution in [3.63, 3.8) is 0 Å². The van der Waals surface area contributed by atoms with Gasteiger partial charge >= 0.3 is 0 Å². The molecule has 0 aliphatic rings. The van der Waals surface area contributed by atoms with Gasteiger partial charge in [-0.1, -0.05) is 17.3 Å². The number of rotatable bonds is 7. The number of hydrogen-bond acceptors (Lipinski definition) is 2. The smallest absolute Gasteiger partial charge is 0.165 e. The molecule has 1 aromatic carbocycles. The summed E-state index contributed by atoms with van der Waals surface area (Å²) in [7, 11) is 0. The van der Waals surface area contributed by atoms with Crippen molar-refractivity contribution in [2.75, 3.05) is 26.2 Å². The molecule has 3 nitrogen and oxygen atoms in total. The highest BCUT2D eigenvalue weighted by molar-refractivity contribution is 5.78. The Hall–Kier alpha value is -1.13. The third-order valence-electron chi connectivity index (χ3n) is 2.69. The Bertz CT molecular complexity index is 339. The molecule has 1 N–H and O–H groups in total. The first-order valence-electron chi connectivity index (χ1n) is 6.00. The standard InChI is InChI=1S/C13H19FN2O.ClH/c1-3-16(4-2)9-10-17-15-11-12-5-7-13(14)8-6-12;/h5-8,11H,3-4,9-10H2,1-2H3;1H/b15-11+;. The zero-order valence-corrected chi connectivity index (χ0v) is 11.6. The zero-order valence-electron chi connectivity index (χ0n) is 10.8. The lowest BCUT2D eigenvalue weighted by Crippen LogP contribution is -3.11. The number of oxime groups is 1. The van der Waals surface area contributed by atoms with E-state index in [9.17, 15) is 4.39 Å². The molecule has 102 valence electrons. The van der Waals surface area contributed by atoms with Gasteiger partial charge in [0.05, 0.1) is 19.3 Å². The Labute approximate surface area is 114 Å². The second-order valence-corrected chi connectivity index (χ2v) is 3.83. The normalized spacial score (nSPS) is 10.7. The van der Waals surface area contributed by atoms with Crippen molar-refractivity contribution in [1.82, 2.24) is 0 Å². The van der Waals surface area contributed by atoms with Gasteiger partial charge < -0.3 is 22.1 Å². The Morgan fingerprint density at radius 2 is 1.83 bits per heavy atom. The molecule has 0 amide bonds. The molecule has 0 saturated heterocycles. The van der Waals surface area contributed by atoms with E-state index < -0.39 is 0 Å². The van der Waals surface area contributed by atoms with Crippen LogP contribution in [0.15, 0.2) is 29.4 Å². The van der Waals surface area contributed by atoms with Gasteiger partial charge in [0.1, 0.15) is 12.4 Å². The van der Waals surface area contributed by atoms with Crippen molar-refractivity contribution >= 4 is 6.21 Å². The van der Waals surface area contributed by atoms with Crippen LogP contribution < -0.4 is 17.3 Å². The highest BCUT2D eigenvalue weighted by atomic mass is 35.5. The van der Waals surface area contributed by atoms with E-state index >= 15 is 0 Å². The van der Waals surface area contributed by atoms with Gasteiger partial charge in [-0.3, -0.25) is 0 Å². The van der Waals surface area contributed by atoms with Crippen LogP contribution in [0, 0.1) is 5.82 Å². The molecule has 0 heterocycles. The number of likely N-dealkylation sites (N-methyl/N-ethyl adjacent to an activating group) is 1. The van der Waals surface area contributed by atoms with Crippen LogP contribution in [0.2, 0.25) is 0 Å². The highest BCUT2D eigenvalue weighted by Gasteiger charge is 2.00. The summed E-state index contributed by atoms with van der Waals surface area (Å²) in [6, 6.07) is 6.14. The van der Waals surface area contributed by atoms with Gasteiger partial charge in [-0.25, -0.2) is 4.39 Å². The molecule has 0 unspecified atom stereocenters. The molecule has 0 radical (unpaired) electrons. The van der Waals surface area contributed by atoms with Crippen LogP contribution >= 0.6 is 0 Å². The fourth-order valence-electron chi connectivity index (χ4n) is 1.49. The van der Waals surface area contributed by atoms with Crippen molar-refractivity contribution in [3.8, 4) is 0 Å². The molecular weight excluding hydrogens is 255 g/mol. The predicted octanol–water partition coefficient (Wildman–Crippen LogP) is -1.90. The predicted molar refractivity (Wildman–Crippen MR) is 66.9 cm³/mol. The van der Waals surface area contributed by atoms with Gasteiger partial charge in [0.25, 0.3) is 0 Å². The lowest BCUT2D eigenvalue weighted by molar-refractivity contribution is -0.896. The molecule has 0 spiro atoms. The van der Waals surface area contributed by atoms with Gasteiger partial charge in [-0.05, 0) is 31.5 Å². The zero-order chi connectivity index (χ0) is 12.5. The number of quaternary nitrogens is 1. The lowest BCUT2D eigenvalue weighted by Gasteiger charge is -2.13. The van der Waals surface area contributed by atoms with Gasteiger partial charge in [0.15, 0.2) is 6.61 Å². The van der Waals surface area contributed by atoms with Crippen molar-refractivity contribution < 1.29 is 26.5 Å². The van der Waals surface area contributed by atoms with Crippen molar-refractivity contribution in [1.29, 1.82) is 0 Å². The minimum absolute atomic E-state index is 0. The SMILES string of the molecule is CC[NH+](CC)CCO/N=C/c1ccc(F)cc1.[Cl-]. The number of halogens is 2. The van der Waals surface area contributed by atoms with E-state index in [4.69, 9.17) is 4.84 Å². The van der Waals surface area contributed by atoms with Crippen LogP contribution in [-0.2, 0) is 4.84 Å². The monoisotopic (exact) mass is 274 g/mol. The topological polar surface area (TPSA) is 26.0 Å². The largest absolute Gasteiger partial charge is 1.00 e. The Kier molecular flexibility index (Phi) is 9.24. The Morgan fingerprint density at radius 1 is 1.22 bits per heavy atom. The average Bonchev–Trinajstić information content (AvgIpc) is 2.36. The maximum absolute atomic E-state index is 12.6. The third-order valence-corrected chi connectivity index (χ3v) is 2.69. The summed E-state index contributed by atoms with van der Waals surface area (Å²) < 4.78 is 12.6. The molecule has 0 fully saturated rings. The second-order valence-electron chi connectivity index (χ2n) is 3.83. The molecule has 0 aromatic heterocycles. The van der Waals surface area contributed by atoms with Crippen LogP contribution in [0.5, 0.6) is 0 Å². The third kappa shape index (κ3) is 6.57. The van der Waals surface area contributed by atoms with Crippen molar-refractivity contribution in [2.24, 2.45) is 5.16 Å². The number of nitrogens with one attached hydrogen (secondary N) is 1. The average molecular weight is 275 g/mol. The molecule has 1 rings (SSSR count). The van der Waals surface area contributed by atoms with Crippen molar-refractivity contribution in [2.45, 2.75) is 13.8 Å². The second kappa shape index (κ2) is 9.85. The number of hydrogen-bond donors (Lipinski definition) is 1. The number of nitrogens with zero attached hydrogens (tertiary/aromatic N) is 1. The maximum atomic E-state index is 12.6. The molecule has 5 heteroatoms. The molecule has 0 saturated carbocycles. The lowest BCUT2D eigenvalue weighted by atomic mass is 10.2. The molecule has 1 aromatic rings. The van der Waals surface area contributed by atoms with Gasteiger partial charge in [-0.15, -0.1) is 0 Å². The van der Waals surface area contributed by atoms with Crippen LogP contribution in [0.1, 0.15) is 19.4 Å². The van der Waals surface area contributed by atoms with E-state index in [1.165, 1.54) is 17.0 Å². The summed E-state index contributed by atoms with van der Waals surface area (Å²) in [5, 5.41) is 3.85. The van der Waals surface area contributed by atoms with Crippen LogP contribution in [-0.4, -0.2) is 32.5 Å². The first kappa shape index (κ1) is 16.9. The maximum Gasteiger partial charge on any atom is 0.165 e. The Morgan fingerprint density at radius 3 is 2.39 bits per heavy atom. The van der Waals surface area contributed by atoms with E-state index in [0.717, 1.165) is 25.2 Å². The fraction of sp³-hybridized carbons (Fsp3) is 0.462. The molecule has 0 atom stereocenters. The summed E-state index contributed by atoms with van der Waals surface area (Å²) >= 11 is 0. The van der Waals surface area contributed by atoms with Gasteiger partial charge in [0, 0.05) is 0 Å². The molecule has 0 aliphatic carbocycles. The van der Waals surface area contributed by atoms with E-state index in [1.807, 2.05) is 0 Å². The summed E-state index contributed by atoms with van der Waals surface area (Å²) in [6.45, 7) is 8.06. The summed E-state index contributed by atoms with van der Waals surface area (Å²) in [5.41, 5.74) is 0.835. The molecule has 0 bridgehead atoms. The minimum atomic E-state index is -0.242. The van der Waals surface area contributed by atoms with Gasteiger partial charge in [-0.2, -0.15) is 0 Å². The quantitative estimate of drug-likeness (QED) is 0.351. The van der Waals surface area contributed by atoms with Crippen LogP contribution in [0.4, 0.5) is 4.39 Å².